The van der Waals surface area contributed by atoms with Gasteiger partial charge in [-0.2, -0.15) is 0 Å². The lowest BCUT2D eigenvalue weighted by Crippen LogP contribution is -2.30. The molecule has 0 saturated heterocycles. The molecular formula is C52H100O6. The van der Waals surface area contributed by atoms with Crippen LogP contribution in [0.2, 0.25) is 0 Å². The molecule has 6 heteroatoms. The second-order valence-corrected chi connectivity index (χ2v) is 18.3. The average molecular weight is 821 g/mol. The summed E-state index contributed by atoms with van der Waals surface area (Å²) in [7, 11) is 0. The normalized spacial score (nSPS) is 11.9. The van der Waals surface area contributed by atoms with E-state index in [0.717, 1.165) is 63.7 Å². The Labute approximate surface area is 361 Å². The van der Waals surface area contributed by atoms with Crippen molar-refractivity contribution in [1.29, 1.82) is 0 Å². The Morgan fingerprint density at radius 3 is 0.845 bits per heavy atom. The van der Waals surface area contributed by atoms with Crippen molar-refractivity contribution in [2.75, 3.05) is 13.2 Å². The summed E-state index contributed by atoms with van der Waals surface area (Å²) in [5.74, 6) is -0.0132. The second kappa shape index (κ2) is 46.5. The molecule has 0 radical (unpaired) electrons. The molecule has 58 heavy (non-hydrogen) atoms. The van der Waals surface area contributed by atoms with Crippen LogP contribution in [0.3, 0.4) is 0 Å². The van der Waals surface area contributed by atoms with Gasteiger partial charge in [0, 0.05) is 19.3 Å². The zero-order chi connectivity index (χ0) is 42.4. The maximum atomic E-state index is 12.7. The van der Waals surface area contributed by atoms with E-state index in [1.54, 1.807) is 0 Å². The fourth-order valence-electron chi connectivity index (χ4n) is 7.86. The molecule has 0 aromatic rings. The van der Waals surface area contributed by atoms with E-state index in [2.05, 4.69) is 27.7 Å². The summed E-state index contributed by atoms with van der Waals surface area (Å²) in [6.07, 6.45) is 48.0. The van der Waals surface area contributed by atoms with Gasteiger partial charge in [-0.3, -0.25) is 14.4 Å². The first-order chi connectivity index (χ1) is 28.4. The van der Waals surface area contributed by atoms with Crippen molar-refractivity contribution in [1.82, 2.24) is 0 Å². The van der Waals surface area contributed by atoms with E-state index in [-0.39, 0.29) is 31.1 Å². The fourth-order valence-corrected chi connectivity index (χ4v) is 7.86. The Kier molecular flexibility index (Phi) is 45.2. The maximum absolute atomic E-state index is 12.7. The van der Waals surface area contributed by atoms with Gasteiger partial charge in [-0.05, 0) is 25.2 Å². The lowest BCUT2D eigenvalue weighted by Gasteiger charge is -2.18. The first kappa shape index (κ1) is 56.4. The zero-order valence-corrected chi connectivity index (χ0v) is 39.5. The van der Waals surface area contributed by atoms with E-state index in [9.17, 15) is 14.4 Å². The van der Waals surface area contributed by atoms with Gasteiger partial charge in [0.15, 0.2) is 6.10 Å². The molecule has 0 aliphatic carbocycles. The lowest BCUT2D eigenvalue weighted by molar-refractivity contribution is -0.167. The van der Waals surface area contributed by atoms with Crippen LogP contribution in [0.1, 0.15) is 291 Å². The highest BCUT2D eigenvalue weighted by atomic mass is 16.6. The van der Waals surface area contributed by atoms with Crippen LogP contribution in [-0.4, -0.2) is 37.2 Å². The van der Waals surface area contributed by atoms with Gasteiger partial charge >= 0.3 is 17.9 Å². The third-order valence-electron chi connectivity index (χ3n) is 11.8. The highest BCUT2D eigenvalue weighted by molar-refractivity contribution is 5.71. The molecule has 0 rings (SSSR count). The third-order valence-corrected chi connectivity index (χ3v) is 11.8. The molecule has 0 spiro atoms. The van der Waals surface area contributed by atoms with Gasteiger partial charge < -0.3 is 14.2 Å². The smallest absolute Gasteiger partial charge is 0.306 e. The lowest BCUT2D eigenvalue weighted by atomic mass is 10.0. The molecule has 1 atom stereocenters. The minimum Gasteiger partial charge on any atom is -0.462 e. The van der Waals surface area contributed by atoms with Crippen LogP contribution in [0.5, 0.6) is 0 Å². The molecule has 0 N–H and O–H groups in total. The summed E-state index contributed by atoms with van der Waals surface area (Å²) in [4.78, 5) is 37.9. The van der Waals surface area contributed by atoms with E-state index < -0.39 is 6.10 Å². The number of unbranched alkanes of at least 4 members (excludes halogenated alkanes) is 34. The molecule has 0 unspecified atom stereocenters. The molecule has 0 amide bonds. The van der Waals surface area contributed by atoms with Crippen LogP contribution in [0.25, 0.3) is 0 Å². The van der Waals surface area contributed by atoms with Gasteiger partial charge in [-0.1, -0.05) is 252 Å². The SMILES string of the molecule is CCCCCCCCCCCCCCCCCCC(=O)OC[C@@H](COC(=O)CCCCCCCCCCCCCCC(C)C)OC(=O)CCCCCCCCCCC. The Hall–Kier alpha value is -1.59. The summed E-state index contributed by atoms with van der Waals surface area (Å²) in [6.45, 7) is 9.01. The second-order valence-electron chi connectivity index (χ2n) is 18.3. The first-order valence-electron chi connectivity index (χ1n) is 25.9. The van der Waals surface area contributed by atoms with E-state index >= 15 is 0 Å². The number of carbonyl (C=O) groups excluding carboxylic acids is 3. The Morgan fingerprint density at radius 1 is 0.328 bits per heavy atom. The maximum Gasteiger partial charge on any atom is 0.306 e. The molecule has 0 aliphatic heterocycles. The van der Waals surface area contributed by atoms with Gasteiger partial charge in [-0.25, -0.2) is 0 Å². The standard InChI is InChI=1S/C52H100O6/c1-5-7-9-11-13-15-16-17-18-19-20-24-28-31-35-39-43-50(53)56-46-49(58-52(55)45-41-37-33-26-14-12-10-8-6-2)47-57-51(54)44-40-36-32-29-25-22-21-23-27-30-34-38-42-48(3)4/h48-49H,5-47H2,1-4H3/t49-/m0/s1. The quantitative estimate of drug-likeness (QED) is 0.0346. The van der Waals surface area contributed by atoms with Crippen molar-refractivity contribution in [3.63, 3.8) is 0 Å². The van der Waals surface area contributed by atoms with E-state index in [1.807, 2.05) is 0 Å². The van der Waals surface area contributed by atoms with Crippen LogP contribution in [0.4, 0.5) is 0 Å². The number of rotatable bonds is 47. The van der Waals surface area contributed by atoms with Gasteiger partial charge in [0.05, 0.1) is 0 Å². The minimum atomic E-state index is -0.759. The van der Waals surface area contributed by atoms with E-state index in [0.29, 0.717) is 19.3 Å². The largest absolute Gasteiger partial charge is 0.462 e. The molecule has 0 bridgehead atoms. The van der Waals surface area contributed by atoms with Crippen LogP contribution < -0.4 is 0 Å². The van der Waals surface area contributed by atoms with Crippen molar-refractivity contribution < 1.29 is 28.6 Å². The first-order valence-corrected chi connectivity index (χ1v) is 25.9. The number of hydrogen-bond donors (Lipinski definition) is 0. The van der Waals surface area contributed by atoms with Gasteiger partial charge in [-0.15, -0.1) is 0 Å². The van der Waals surface area contributed by atoms with E-state index in [4.69, 9.17) is 14.2 Å². The average Bonchev–Trinajstić information content (AvgIpc) is 3.21. The zero-order valence-electron chi connectivity index (χ0n) is 39.5. The molecule has 0 aromatic heterocycles. The minimum absolute atomic E-state index is 0.0629. The monoisotopic (exact) mass is 821 g/mol. The fraction of sp³-hybridized carbons (Fsp3) is 0.942. The summed E-state index contributed by atoms with van der Waals surface area (Å²) in [6, 6.07) is 0. The summed E-state index contributed by atoms with van der Waals surface area (Å²) in [5, 5.41) is 0. The van der Waals surface area contributed by atoms with Gasteiger partial charge in [0.2, 0.25) is 0 Å². The van der Waals surface area contributed by atoms with Crippen molar-refractivity contribution >= 4 is 17.9 Å². The molecule has 0 fully saturated rings. The predicted octanol–water partition coefficient (Wildman–Crippen LogP) is 16.7. The van der Waals surface area contributed by atoms with Gasteiger partial charge in [0.1, 0.15) is 13.2 Å². The van der Waals surface area contributed by atoms with Crippen LogP contribution in [-0.2, 0) is 28.6 Å². The Balaban J connectivity index is 4.23. The molecule has 0 saturated carbocycles. The number of carbonyl (C=O) groups is 3. The summed E-state index contributed by atoms with van der Waals surface area (Å²) in [5.41, 5.74) is 0. The number of hydrogen-bond acceptors (Lipinski definition) is 6. The molecule has 6 nitrogen and oxygen atoms in total. The highest BCUT2D eigenvalue weighted by Gasteiger charge is 2.19. The van der Waals surface area contributed by atoms with E-state index in [1.165, 1.54) is 186 Å². The van der Waals surface area contributed by atoms with Crippen LogP contribution >= 0.6 is 0 Å². The van der Waals surface area contributed by atoms with Crippen molar-refractivity contribution in [2.24, 2.45) is 5.92 Å². The van der Waals surface area contributed by atoms with Gasteiger partial charge in [0.25, 0.3) is 0 Å². The molecular weight excluding hydrogens is 721 g/mol. The third kappa shape index (κ3) is 45.5. The van der Waals surface area contributed by atoms with Crippen LogP contribution in [0, 0.1) is 5.92 Å². The number of esters is 3. The van der Waals surface area contributed by atoms with Crippen molar-refractivity contribution in [3.8, 4) is 0 Å². The molecule has 0 heterocycles. The Bertz CT molecular complexity index is 872. The molecule has 0 aromatic carbocycles. The van der Waals surface area contributed by atoms with Crippen molar-refractivity contribution in [2.45, 2.75) is 297 Å². The molecule has 344 valence electrons. The number of ether oxygens (including phenoxy) is 3. The Morgan fingerprint density at radius 2 is 0.569 bits per heavy atom. The topological polar surface area (TPSA) is 78.9 Å². The highest BCUT2D eigenvalue weighted by Crippen LogP contribution is 2.17. The summed E-state index contributed by atoms with van der Waals surface area (Å²) >= 11 is 0. The predicted molar refractivity (Wildman–Crippen MR) is 247 cm³/mol. The summed E-state index contributed by atoms with van der Waals surface area (Å²) < 4.78 is 16.8. The molecule has 0 aliphatic rings. The van der Waals surface area contributed by atoms with Crippen molar-refractivity contribution in [3.05, 3.63) is 0 Å². The van der Waals surface area contributed by atoms with Crippen LogP contribution in [0.15, 0.2) is 0 Å².